The number of fused-ring (bicyclic) bond motifs is 3. The zero-order valence-electron chi connectivity index (χ0n) is 24.5. The number of hydrogen-bond acceptors (Lipinski definition) is 6. The van der Waals surface area contributed by atoms with Crippen molar-refractivity contribution in [3.8, 4) is 11.3 Å². The first-order chi connectivity index (χ1) is 19.4. The van der Waals surface area contributed by atoms with Crippen LogP contribution in [-0.2, 0) is 17.4 Å². The molecule has 0 bridgehead atoms. The molecule has 196 valence electrons. The fourth-order valence-corrected chi connectivity index (χ4v) is 5.82. The van der Waals surface area contributed by atoms with Gasteiger partial charge in [0.25, 0.3) is 0 Å². The number of benzene rings is 1. The summed E-state index contributed by atoms with van der Waals surface area (Å²) in [5.41, 5.74) is 3.57. The van der Waals surface area contributed by atoms with Gasteiger partial charge in [0.15, 0.2) is 0 Å². The van der Waals surface area contributed by atoms with E-state index in [0.717, 1.165) is 40.5 Å². The highest BCUT2D eigenvalue weighted by molar-refractivity contribution is 6.34. The predicted octanol–water partition coefficient (Wildman–Crippen LogP) is 5.59. The van der Waals surface area contributed by atoms with Crippen LogP contribution in [0.4, 0.5) is 0 Å². The number of nitrogens with zero attached hydrogens (tertiary/aromatic N) is 6. The Bertz CT molecular complexity index is 1740. The predicted molar refractivity (Wildman–Crippen MR) is 148 cm³/mol. The Hall–Kier alpha value is -3.33. The van der Waals surface area contributed by atoms with E-state index in [0.29, 0.717) is 35.1 Å². The summed E-state index contributed by atoms with van der Waals surface area (Å²) in [5.74, 6) is 0.207. The molecule has 0 spiro atoms. The monoisotopic (exact) mass is 533 g/mol. The van der Waals surface area contributed by atoms with Crippen LogP contribution in [0.25, 0.3) is 33.2 Å². The lowest BCUT2D eigenvalue weighted by atomic mass is 9.88. The van der Waals surface area contributed by atoms with Gasteiger partial charge in [-0.1, -0.05) is 22.9 Å². The van der Waals surface area contributed by atoms with Crippen molar-refractivity contribution in [1.29, 1.82) is 0 Å². The summed E-state index contributed by atoms with van der Waals surface area (Å²) < 4.78 is 33.5. The summed E-state index contributed by atoms with van der Waals surface area (Å²) in [5, 5.41) is 20.1. The van der Waals surface area contributed by atoms with Gasteiger partial charge in [-0.05, 0) is 69.8 Å². The van der Waals surface area contributed by atoms with Gasteiger partial charge in [-0.15, -0.1) is 5.10 Å². The average molecular weight is 534 g/mol. The smallest absolute Gasteiger partial charge is 0.0960 e. The van der Waals surface area contributed by atoms with Crippen LogP contribution in [0.5, 0.6) is 0 Å². The molecule has 6 rings (SSSR count). The summed E-state index contributed by atoms with van der Waals surface area (Å²) >= 11 is 6.89. The number of ether oxygens (including phenoxy) is 1. The Kier molecular flexibility index (Phi) is 5.37. The Morgan fingerprint density at radius 1 is 1.16 bits per heavy atom. The Morgan fingerprint density at radius 3 is 2.68 bits per heavy atom. The maximum Gasteiger partial charge on any atom is 0.0960 e. The van der Waals surface area contributed by atoms with Crippen molar-refractivity contribution in [3.63, 3.8) is 0 Å². The summed E-state index contributed by atoms with van der Waals surface area (Å²) in [6.07, 6.45) is 5.17. The van der Waals surface area contributed by atoms with Gasteiger partial charge in [0, 0.05) is 53.3 Å². The van der Waals surface area contributed by atoms with Crippen LogP contribution >= 0.6 is 11.6 Å². The minimum Gasteiger partial charge on any atom is -0.386 e. The first kappa shape index (κ1) is 21.6. The molecule has 0 radical (unpaired) electrons. The van der Waals surface area contributed by atoms with Gasteiger partial charge in [-0.3, -0.25) is 9.97 Å². The summed E-state index contributed by atoms with van der Waals surface area (Å²) in [6, 6.07) is 11.4. The van der Waals surface area contributed by atoms with E-state index in [1.165, 1.54) is 4.68 Å². The molecule has 1 aromatic carbocycles. The van der Waals surface area contributed by atoms with Crippen LogP contribution in [0.15, 0.2) is 48.8 Å². The second-order valence-corrected chi connectivity index (χ2v) is 10.8. The molecule has 1 aliphatic rings. The lowest BCUT2D eigenvalue weighted by Gasteiger charge is -2.32. The van der Waals surface area contributed by atoms with E-state index in [4.69, 9.17) is 30.4 Å². The topological polar surface area (TPSA) is 90.9 Å². The number of pyridine rings is 2. The van der Waals surface area contributed by atoms with Gasteiger partial charge in [-0.25, -0.2) is 4.68 Å². The second kappa shape index (κ2) is 9.45. The summed E-state index contributed by atoms with van der Waals surface area (Å²) in [4.78, 5) is 9.61. The maximum absolute atomic E-state index is 10.9. The second-order valence-electron chi connectivity index (χ2n) is 10.4. The van der Waals surface area contributed by atoms with E-state index in [1.54, 1.807) is 33.3 Å². The fraction of sp³-hybridized carbons (Fsp3) is 0.379. The van der Waals surface area contributed by atoms with Crippen LogP contribution in [-0.4, -0.2) is 47.8 Å². The highest BCUT2D eigenvalue weighted by Gasteiger charge is 2.32. The minimum atomic E-state index is -2.48. The molecule has 1 unspecified atom stereocenters. The average Bonchev–Trinajstić information content (AvgIpc) is 3.47. The van der Waals surface area contributed by atoms with E-state index in [9.17, 15) is 5.11 Å². The Morgan fingerprint density at radius 2 is 1.97 bits per heavy atom. The zero-order chi connectivity index (χ0) is 29.1. The van der Waals surface area contributed by atoms with Crippen molar-refractivity contribution in [1.82, 2.24) is 29.5 Å². The molecule has 5 aromatic rings. The molecule has 38 heavy (non-hydrogen) atoms. The molecule has 1 fully saturated rings. The van der Waals surface area contributed by atoms with Gasteiger partial charge in [0.2, 0.25) is 0 Å². The zero-order valence-corrected chi connectivity index (χ0v) is 22.3. The first-order valence-electron chi connectivity index (χ1n) is 14.2. The van der Waals surface area contributed by atoms with Gasteiger partial charge < -0.3 is 14.4 Å². The summed E-state index contributed by atoms with van der Waals surface area (Å²) in [7, 11) is 1.66. The van der Waals surface area contributed by atoms with Crippen molar-refractivity contribution in [2.75, 3.05) is 13.2 Å². The third kappa shape index (κ3) is 4.17. The number of hydrogen-bond donors (Lipinski definition) is 1. The molecule has 0 saturated carbocycles. The summed E-state index contributed by atoms with van der Waals surface area (Å²) in [6.45, 7) is 2.29. The minimum absolute atomic E-state index is 0.114. The molecule has 1 saturated heterocycles. The van der Waals surface area contributed by atoms with Crippen LogP contribution in [0.3, 0.4) is 0 Å². The van der Waals surface area contributed by atoms with E-state index < -0.39 is 12.5 Å². The van der Waals surface area contributed by atoms with Crippen molar-refractivity contribution >= 4 is 33.5 Å². The third-order valence-electron chi connectivity index (χ3n) is 7.50. The van der Waals surface area contributed by atoms with E-state index in [2.05, 4.69) is 14.9 Å². The number of aryl methyl sites for hydroxylation is 2. The molecular formula is C29H31ClN6O2. The van der Waals surface area contributed by atoms with Gasteiger partial charge in [0.05, 0.1) is 50.3 Å². The van der Waals surface area contributed by atoms with Gasteiger partial charge >= 0.3 is 0 Å². The molecule has 4 aromatic heterocycles. The normalized spacial score (nSPS) is 17.4. The van der Waals surface area contributed by atoms with Crippen molar-refractivity contribution in [3.05, 3.63) is 70.8 Å². The molecular weight excluding hydrogens is 500 g/mol. The Labute approximate surface area is 230 Å². The van der Waals surface area contributed by atoms with Crippen LogP contribution < -0.4 is 0 Å². The number of rotatable bonds is 5. The highest BCUT2D eigenvalue weighted by atomic mass is 35.5. The standard InChI is InChI=1S/C29H31ClN6O2/c1-17-27(35(4)34-33-17)20-15-24-21(14-22(20)30)26-25(13-19(16-32-26)29(2,3)37)36(24)28(18-8-11-38-12-9-18)23-7-5-6-10-31-23/h5-7,10,13-16,18,28,37H,8-9,11-12H2,1-4H3/i1D3. The van der Waals surface area contributed by atoms with Crippen molar-refractivity contribution in [2.45, 2.75) is 45.2 Å². The molecule has 8 nitrogen and oxygen atoms in total. The highest BCUT2D eigenvalue weighted by Crippen LogP contribution is 2.43. The Balaban J connectivity index is 1.72. The molecule has 0 aliphatic carbocycles. The maximum atomic E-state index is 10.9. The molecule has 1 N–H and O–H groups in total. The number of halogens is 1. The van der Waals surface area contributed by atoms with Gasteiger partial charge in [0.1, 0.15) is 0 Å². The lowest BCUT2D eigenvalue weighted by molar-refractivity contribution is 0.0547. The SMILES string of the molecule is [2H]C([2H])([2H])c1nnn(C)c1-c1cc2c(cc1Cl)c1ncc(C(C)(C)O)cc1n2C(c1ccccn1)C1CCOCC1. The number of aromatic nitrogens is 6. The molecule has 5 heterocycles. The molecule has 9 heteroatoms. The van der Waals surface area contributed by atoms with Gasteiger partial charge in [-0.2, -0.15) is 0 Å². The largest absolute Gasteiger partial charge is 0.386 e. The quantitative estimate of drug-likeness (QED) is 0.317. The fourth-order valence-electron chi connectivity index (χ4n) is 5.57. The van der Waals surface area contributed by atoms with Crippen molar-refractivity contribution in [2.24, 2.45) is 13.0 Å². The van der Waals surface area contributed by atoms with E-state index in [1.807, 2.05) is 36.4 Å². The number of aliphatic hydroxyl groups is 1. The molecule has 1 atom stereocenters. The van der Waals surface area contributed by atoms with E-state index >= 15 is 0 Å². The van der Waals surface area contributed by atoms with Crippen LogP contribution in [0.2, 0.25) is 5.02 Å². The molecule has 1 aliphatic heterocycles. The van der Waals surface area contributed by atoms with Crippen LogP contribution in [0.1, 0.15) is 53.8 Å². The van der Waals surface area contributed by atoms with Crippen LogP contribution in [0, 0.1) is 12.8 Å². The van der Waals surface area contributed by atoms with Crippen molar-refractivity contribution < 1.29 is 14.0 Å². The first-order valence-corrected chi connectivity index (χ1v) is 13.1. The lowest BCUT2D eigenvalue weighted by Crippen LogP contribution is -2.27. The molecule has 0 amide bonds. The third-order valence-corrected chi connectivity index (χ3v) is 7.81. The van der Waals surface area contributed by atoms with E-state index in [-0.39, 0.29) is 17.7 Å².